The molecule has 1 saturated heterocycles. The van der Waals surface area contributed by atoms with Crippen molar-refractivity contribution in [3.8, 4) is 11.5 Å². The topological polar surface area (TPSA) is 70.9 Å². The average molecular weight is 326 g/mol. The third-order valence-corrected chi connectivity index (χ3v) is 4.03. The SMILES string of the molecule is COc1cccc(C=C2SC(=Nc3ccc(O)cc3)NC2=O)c1. The summed E-state index contributed by atoms with van der Waals surface area (Å²) < 4.78 is 5.18. The summed E-state index contributed by atoms with van der Waals surface area (Å²) in [5.41, 5.74) is 1.54. The molecule has 116 valence electrons. The molecule has 0 aliphatic carbocycles. The standard InChI is InChI=1S/C17H14N2O3S/c1-22-14-4-2-3-11(9-14)10-15-16(21)19-17(23-15)18-12-5-7-13(20)8-6-12/h2-10,20H,1H3,(H,18,19,21). The Labute approximate surface area is 137 Å². The van der Waals surface area contributed by atoms with Gasteiger partial charge in [0.1, 0.15) is 11.5 Å². The van der Waals surface area contributed by atoms with Gasteiger partial charge in [0, 0.05) is 0 Å². The van der Waals surface area contributed by atoms with Crippen LogP contribution < -0.4 is 10.1 Å². The molecule has 0 spiro atoms. The maximum atomic E-state index is 12.0. The molecule has 2 aromatic rings. The van der Waals surface area contributed by atoms with Gasteiger partial charge in [-0.05, 0) is 59.8 Å². The molecule has 1 fully saturated rings. The molecule has 23 heavy (non-hydrogen) atoms. The van der Waals surface area contributed by atoms with E-state index in [-0.39, 0.29) is 11.7 Å². The van der Waals surface area contributed by atoms with Gasteiger partial charge in [-0.3, -0.25) is 4.79 Å². The second-order valence-corrected chi connectivity index (χ2v) is 5.81. The zero-order valence-corrected chi connectivity index (χ0v) is 13.1. The molecule has 0 unspecified atom stereocenters. The van der Waals surface area contributed by atoms with Crippen LogP contribution >= 0.6 is 11.8 Å². The lowest BCUT2D eigenvalue weighted by molar-refractivity contribution is -0.115. The smallest absolute Gasteiger partial charge is 0.264 e. The number of aliphatic imine (C=N–C) groups is 1. The van der Waals surface area contributed by atoms with Gasteiger partial charge in [0.15, 0.2) is 5.17 Å². The van der Waals surface area contributed by atoms with Crippen molar-refractivity contribution in [2.24, 2.45) is 4.99 Å². The van der Waals surface area contributed by atoms with Gasteiger partial charge in [-0.2, -0.15) is 0 Å². The lowest BCUT2D eigenvalue weighted by Gasteiger charge is -2.00. The van der Waals surface area contributed by atoms with Gasteiger partial charge in [0.2, 0.25) is 0 Å². The average Bonchev–Trinajstić information content (AvgIpc) is 2.89. The van der Waals surface area contributed by atoms with Crippen LogP contribution in [0.3, 0.4) is 0 Å². The Hall–Kier alpha value is -2.73. The summed E-state index contributed by atoms with van der Waals surface area (Å²) in [6, 6.07) is 13.9. The van der Waals surface area contributed by atoms with Crippen LogP contribution in [0.4, 0.5) is 5.69 Å². The van der Waals surface area contributed by atoms with Crippen LogP contribution in [0, 0.1) is 0 Å². The van der Waals surface area contributed by atoms with Crippen molar-refractivity contribution in [1.29, 1.82) is 0 Å². The molecule has 0 radical (unpaired) electrons. The minimum Gasteiger partial charge on any atom is -0.508 e. The zero-order chi connectivity index (χ0) is 16.2. The van der Waals surface area contributed by atoms with E-state index in [2.05, 4.69) is 10.3 Å². The first-order valence-electron chi connectivity index (χ1n) is 6.87. The number of phenols is 1. The van der Waals surface area contributed by atoms with E-state index in [0.717, 1.165) is 11.3 Å². The normalized spacial score (nSPS) is 17.5. The van der Waals surface area contributed by atoms with Crippen LogP contribution in [-0.2, 0) is 4.79 Å². The highest BCUT2D eigenvalue weighted by Gasteiger charge is 2.23. The second-order valence-electron chi connectivity index (χ2n) is 4.77. The molecule has 1 aliphatic heterocycles. The van der Waals surface area contributed by atoms with Gasteiger partial charge in [-0.25, -0.2) is 4.99 Å². The molecular formula is C17H14N2O3S. The quantitative estimate of drug-likeness (QED) is 0.849. The molecule has 1 aliphatic rings. The predicted octanol–water partition coefficient (Wildman–Crippen LogP) is 3.29. The lowest BCUT2D eigenvalue weighted by atomic mass is 10.2. The number of carbonyl (C=O) groups excluding carboxylic acids is 1. The van der Waals surface area contributed by atoms with Crippen molar-refractivity contribution in [3.05, 3.63) is 59.0 Å². The molecule has 0 saturated carbocycles. The maximum absolute atomic E-state index is 12.0. The number of ether oxygens (including phenoxy) is 1. The van der Waals surface area contributed by atoms with Crippen molar-refractivity contribution < 1.29 is 14.6 Å². The van der Waals surface area contributed by atoms with Crippen LogP contribution in [-0.4, -0.2) is 23.3 Å². The molecular weight excluding hydrogens is 312 g/mol. The number of amides is 1. The molecule has 1 amide bonds. The van der Waals surface area contributed by atoms with Crippen molar-refractivity contribution in [2.75, 3.05) is 7.11 Å². The van der Waals surface area contributed by atoms with Gasteiger partial charge >= 0.3 is 0 Å². The number of hydrogen-bond donors (Lipinski definition) is 2. The second kappa shape index (κ2) is 6.58. The zero-order valence-electron chi connectivity index (χ0n) is 12.3. The maximum Gasteiger partial charge on any atom is 0.264 e. The summed E-state index contributed by atoms with van der Waals surface area (Å²) >= 11 is 1.27. The molecule has 0 atom stereocenters. The summed E-state index contributed by atoms with van der Waals surface area (Å²) in [6.07, 6.45) is 1.79. The van der Waals surface area contributed by atoms with Crippen molar-refractivity contribution in [1.82, 2.24) is 5.32 Å². The minimum atomic E-state index is -0.185. The Morgan fingerprint density at radius 2 is 2.00 bits per heavy atom. The number of nitrogens with one attached hydrogen (secondary N) is 1. The minimum absolute atomic E-state index is 0.177. The number of phenolic OH excluding ortho intramolecular Hbond substituents is 1. The molecule has 0 bridgehead atoms. The summed E-state index contributed by atoms with van der Waals surface area (Å²) in [6.45, 7) is 0. The van der Waals surface area contributed by atoms with Gasteiger partial charge in [0.25, 0.3) is 5.91 Å². The van der Waals surface area contributed by atoms with E-state index in [1.54, 1.807) is 37.5 Å². The molecule has 2 N–H and O–H groups in total. The van der Waals surface area contributed by atoms with E-state index < -0.39 is 0 Å². The van der Waals surface area contributed by atoms with E-state index in [4.69, 9.17) is 4.74 Å². The number of rotatable bonds is 3. The first-order chi connectivity index (χ1) is 11.1. The van der Waals surface area contributed by atoms with Crippen LogP contribution in [0.1, 0.15) is 5.56 Å². The lowest BCUT2D eigenvalue weighted by Crippen LogP contribution is -2.19. The highest BCUT2D eigenvalue weighted by molar-refractivity contribution is 8.18. The van der Waals surface area contributed by atoms with Gasteiger partial charge in [-0.1, -0.05) is 12.1 Å². The number of methoxy groups -OCH3 is 1. The largest absolute Gasteiger partial charge is 0.508 e. The Kier molecular flexibility index (Phi) is 4.34. The predicted molar refractivity (Wildman–Crippen MR) is 91.9 cm³/mol. The number of carbonyl (C=O) groups is 1. The van der Waals surface area contributed by atoms with Crippen LogP contribution in [0.2, 0.25) is 0 Å². The summed E-state index contributed by atoms with van der Waals surface area (Å²) in [5.74, 6) is 0.728. The van der Waals surface area contributed by atoms with Crippen LogP contribution in [0.5, 0.6) is 11.5 Å². The van der Waals surface area contributed by atoms with Crippen molar-refractivity contribution in [3.63, 3.8) is 0 Å². The van der Waals surface area contributed by atoms with Crippen LogP contribution in [0.25, 0.3) is 6.08 Å². The molecule has 3 rings (SSSR count). The van der Waals surface area contributed by atoms with E-state index in [9.17, 15) is 9.90 Å². The molecule has 0 aromatic heterocycles. The van der Waals surface area contributed by atoms with Crippen LogP contribution in [0.15, 0.2) is 58.4 Å². The fraction of sp³-hybridized carbons (Fsp3) is 0.0588. The van der Waals surface area contributed by atoms with Gasteiger partial charge in [-0.15, -0.1) is 0 Å². The highest BCUT2D eigenvalue weighted by Crippen LogP contribution is 2.29. The fourth-order valence-electron chi connectivity index (χ4n) is 2.01. The Morgan fingerprint density at radius 3 is 2.74 bits per heavy atom. The molecule has 5 nitrogen and oxygen atoms in total. The molecule has 1 heterocycles. The number of nitrogens with zero attached hydrogens (tertiary/aromatic N) is 1. The van der Waals surface area contributed by atoms with Crippen molar-refractivity contribution in [2.45, 2.75) is 0 Å². The van der Waals surface area contributed by atoms with E-state index >= 15 is 0 Å². The van der Waals surface area contributed by atoms with Gasteiger partial charge < -0.3 is 15.2 Å². The Morgan fingerprint density at radius 1 is 1.22 bits per heavy atom. The number of aromatic hydroxyl groups is 1. The first-order valence-corrected chi connectivity index (χ1v) is 7.68. The highest BCUT2D eigenvalue weighted by atomic mass is 32.2. The van der Waals surface area contributed by atoms with E-state index in [1.807, 2.05) is 24.3 Å². The number of thioether (sulfide) groups is 1. The first kappa shape index (κ1) is 15.2. The molecule has 6 heteroatoms. The van der Waals surface area contributed by atoms with Crippen molar-refractivity contribution >= 4 is 34.6 Å². The van der Waals surface area contributed by atoms with Gasteiger partial charge in [0.05, 0.1) is 17.7 Å². The molecule has 2 aromatic carbocycles. The fourth-order valence-corrected chi connectivity index (χ4v) is 2.85. The third kappa shape index (κ3) is 3.73. The summed E-state index contributed by atoms with van der Waals surface area (Å²) in [5, 5.41) is 12.5. The Bertz CT molecular complexity index is 798. The number of hydrogen-bond acceptors (Lipinski definition) is 5. The number of benzene rings is 2. The summed E-state index contributed by atoms with van der Waals surface area (Å²) in [7, 11) is 1.60. The Balaban J connectivity index is 1.81. The number of amidine groups is 1. The van der Waals surface area contributed by atoms with E-state index in [0.29, 0.717) is 15.8 Å². The third-order valence-electron chi connectivity index (χ3n) is 3.12. The van der Waals surface area contributed by atoms with E-state index in [1.165, 1.54) is 11.8 Å². The monoisotopic (exact) mass is 326 g/mol. The summed E-state index contributed by atoms with van der Waals surface area (Å²) in [4.78, 5) is 16.9.